The second-order valence-electron chi connectivity index (χ2n) is 3.75. The van der Waals surface area contributed by atoms with Crippen LogP contribution < -0.4 is 5.32 Å². The van der Waals surface area contributed by atoms with Gasteiger partial charge in [-0.3, -0.25) is 0 Å². The van der Waals surface area contributed by atoms with Gasteiger partial charge in [0.05, 0.1) is 12.6 Å². The molecule has 1 aliphatic rings. The van der Waals surface area contributed by atoms with Crippen molar-refractivity contribution in [1.82, 2.24) is 5.32 Å². The van der Waals surface area contributed by atoms with Crippen molar-refractivity contribution in [3.05, 3.63) is 29.8 Å². The van der Waals surface area contributed by atoms with Crippen LogP contribution >= 0.6 is 0 Å². The van der Waals surface area contributed by atoms with Crippen LogP contribution in [-0.4, -0.2) is 35.1 Å². The smallest absolute Gasteiger partial charge is 0.407 e. The molecule has 0 spiro atoms. The molecule has 1 aromatic rings. The maximum Gasteiger partial charge on any atom is 0.407 e. The van der Waals surface area contributed by atoms with E-state index in [1.165, 1.54) is 0 Å². The van der Waals surface area contributed by atoms with Gasteiger partial charge in [0, 0.05) is 6.42 Å². The molecule has 1 saturated heterocycles. The van der Waals surface area contributed by atoms with Gasteiger partial charge in [-0.05, 0) is 17.7 Å². The summed E-state index contributed by atoms with van der Waals surface area (Å²) in [6.07, 6.45) is -0.429. The number of hydrogen-bond donors (Lipinski definition) is 3. The lowest BCUT2D eigenvalue weighted by molar-refractivity contribution is 0.118. The van der Waals surface area contributed by atoms with Gasteiger partial charge in [-0.1, -0.05) is 12.1 Å². The van der Waals surface area contributed by atoms with Crippen molar-refractivity contribution in [2.24, 2.45) is 0 Å². The molecule has 0 aliphatic carbocycles. The average molecular weight is 223 g/mol. The average Bonchev–Trinajstić information content (AvgIpc) is 2.59. The third-order valence-corrected chi connectivity index (χ3v) is 2.55. The molecule has 16 heavy (non-hydrogen) atoms. The van der Waals surface area contributed by atoms with Crippen molar-refractivity contribution in [2.75, 3.05) is 6.61 Å². The van der Waals surface area contributed by atoms with Gasteiger partial charge in [0.1, 0.15) is 11.9 Å². The molecule has 1 aromatic carbocycles. The summed E-state index contributed by atoms with van der Waals surface area (Å²) in [4.78, 5) is 11.0. The normalized spacial score (nSPS) is 23.9. The molecule has 1 aliphatic heterocycles. The Balaban J connectivity index is 2.06. The molecule has 1 fully saturated rings. The summed E-state index contributed by atoms with van der Waals surface area (Å²) in [6, 6.07) is 6.37. The molecular formula is C11H13NO4. The number of phenols is 1. The van der Waals surface area contributed by atoms with Crippen molar-refractivity contribution in [3.63, 3.8) is 0 Å². The first-order valence-corrected chi connectivity index (χ1v) is 5.05. The lowest BCUT2D eigenvalue weighted by atomic mass is 10.0. The zero-order chi connectivity index (χ0) is 11.5. The Morgan fingerprint density at radius 3 is 2.94 bits per heavy atom. The third kappa shape index (κ3) is 2.25. The first-order chi connectivity index (χ1) is 7.69. The van der Waals surface area contributed by atoms with Crippen LogP contribution in [0.1, 0.15) is 5.56 Å². The molecule has 2 rings (SSSR count). The summed E-state index contributed by atoms with van der Waals surface area (Å²) in [5.74, 6) is 0.176. The summed E-state index contributed by atoms with van der Waals surface area (Å²) in [5.41, 5.74) is 0.861. The van der Waals surface area contributed by atoms with Crippen LogP contribution in [0.4, 0.5) is 4.79 Å². The van der Waals surface area contributed by atoms with Crippen LogP contribution in [-0.2, 0) is 11.2 Å². The van der Waals surface area contributed by atoms with Gasteiger partial charge in [-0.15, -0.1) is 0 Å². The number of nitrogens with one attached hydrogen (secondary N) is 1. The van der Waals surface area contributed by atoms with Crippen LogP contribution in [0.25, 0.3) is 0 Å². The minimum atomic E-state index is -0.510. The summed E-state index contributed by atoms with van der Waals surface area (Å²) in [7, 11) is 0. The minimum absolute atomic E-state index is 0.158. The summed E-state index contributed by atoms with van der Waals surface area (Å²) in [6.45, 7) is -0.158. The second kappa shape index (κ2) is 4.40. The van der Waals surface area contributed by atoms with E-state index in [4.69, 9.17) is 9.84 Å². The number of phenolic OH excluding ortho intramolecular Hbond substituents is 1. The fourth-order valence-corrected chi connectivity index (χ4v) is 1.76. The maximum absolute atomic E-state index is 11.0. The first kappa shape index (κ1) is 10.8. The molecule has 2 atom stereocenters. The molecule has 5 nitrogen and oxygen atoms in total. The number of aliphatic hydroxyl groups excluding tert-OH is 1. The molecule has 86 valence electrons. The van der Waals surface area contributed by atoms with E-state index in [1.807, 2.05) is 6.07 Å². The van der Waals surface area contributed by atoms with Crippen LogP contribution in [0.15, 0.2) is 24.3 Å². The van der Waals surface area contributed by atoms with Gasteiger partial charge in [0.15, 0.2) is 0 Å². The highest BCUT2D eigenvalue weighted by atomic mass is 16.6. The van der Waals surface area contributed by atoms with E-state index in [0.717, 1.165) is 5.56 Å². The monoisotopic (exact) mass is 223 g/mol. The Labute approximate surface area is 92.7 Å². The van der Waals surface area contributed by atoms with Crippen LogP contribution in [0.5, 0.6) is 5.75 Å². The number of rotatable bonds is 3. The Morgan fingerprint density at radius 2 is 2.25 bits per heavy atom. The lowest BCUT2D eigenvalue weighted by Gasteiger charge is -2.14. The SMILES string of the molecule is O=C1NC(CO)C(Cc2cccc(O)c2)O1. The van der Waals surface area contributed by atoms with Crippen LogP contribution in [0.2, 0.25) is 0 Å². The molecule has 0 radical (unpaired) electrons. The number of carbonyl (C=O) groups is 1. The van der Waals surface area contributed by atoms with E-state index >= 15 is 0 Å². The van der Waals surface area contributed by atoms with E-state index in [1.54, 1.807) is 18.2 Å². The fourth-order valence-electron chi connectivity index (χ4n) is 1.76. The molecule has 0 aromatic heterocycles. The predicted molar refractivity (Wildman–Crippen MR) is 56.1 cm³/mol. The third-order valence-electron chi connectivity index (χ3n) is 2.55. The first-order valence-electron chi connectivity index (χ1n) is 5.05. The number of benzene rings is 1. The summed E-state index contributed by atoms with van der Waals surface area (Å²) < 4.78 is 5.02. The van der Waals surface area contributed by atoms with E-state index in [-0.39, 0.29) is 24.5 Å². The molecule has 3 N–H and O–H groups in total. The lowest BCUT2D eigenvalue weighted by Crippen LogP contribution is -2.36. The summed E-state index contributed by atoms with van der Waals surface area (Å²) in [5, 5.41) is 20.8. The number of hydrogen-bond acceptors (Lipinski definition) is 4. The van der Waals surface area contributed by atoms with Crippen molar-refractivity contribution in [3.8, 4) is 5.75 Å². The largest absolute Gasteiger partial charge is 0.508 e. The Kier molecular flexibility index (Phi) is 2.96. The number of amides is 1. The quantitative estimate of drug-likeness (QED) is 0.693. The molecular weight excluding hydrogens is 210 g/mol. The zero-order valence-electron chi connectivity index (χ0n) is 8.59. The van der Waals surface area contributed by atoms with Gasteiger partial charge >= 0.3 is 6.09 Å². The highest BCUT2D eigenvalue weighted by molar-refractivity contribution is 5.70. The molecule has 0 saturated carbocycles. The molecule has 1 heterocycles. The van der Waals surface area contributed by atoms with Crippen molar-refractivity contribution < 1.29 is 19.7 Å². The predicted octanol–water partition coefficient (Wildman–Crippen LogP) is 0.404. The Hall–Kier alpha value is -1.75. The highest BCUT2D eigenvalue weighted by Gasteiger charge is 2.33. The number of ether oxygens (including phenoxy) is 1. The van der Waals surface area contributed by atoms with Gasteiger partial charge in [0.2, 0.25) is 0 Å². The number of aliphatic hydroxyl groups is 1. The fraction of sp³-hybridized carbons (Fsp3) is 0.364. The second-order valence-corrected chi connectivity index (χ2v) is 3.75. The van der Waals surface area contributed by atoms with Gasteiger partial charge in [-0.2, -0.15) is 0 Å². The van der Waals surface area contributed by atoms with Gasteiger partial charge in [0.25, 0.3) is 0 Å². The van der Waals surface area contributed by atoms with Crippen LogP contribution in [0, 0.1) is 0 Å². The van der Waals surface area contributed by atoms with Crippen LogP contribution in [0.3, 0.4) is 0 Å². The number of cyclic esters (lactones) is 1. The van der Waals surface area contributed by atoms with Crippen molar-refractivity contribution in [2.45, 2.75) is 18.6 Å². The number of aromatic hydroxyl groups is 1. The van der Waals surface area contributed by atoms with E-state index < -0.39 is 6.09 Å². The number of alkyl carbamates (subject to hydrolysis) is 1. The summed E-state index contributed by atoms with van der Waals surface area (Å²) >= 11 is 0. The minimum Gasteiger partial charge on any atom is -0.508 e. The topological polar surface area (TPSA) is 78.8 Å². The molecule has 5 heteroatoms. The Bertz CT molecular complexity index is 393. The van der Waals surface area contributed by atoms with Gasteiger partial charge < -0.3 is 20.3 Å². The number of carbonyl (C=O) groups excluding carboxylic acids is 1. The van der Waals surface area contributed by atoms with Crippen molar-refractivity contribution >= 4 is 6.09 Å². The molecule has 2 unspecified atom stereocenters. The maximum atomic E-state index is 11.0. The van der Waals surface area contributed by atoms with Gasteiger partial charge in [-0.25, -0.2) is 4.79 Å². The molecule has 0 bridgehead atoms. The zero-order valence-corrected chi connectivity index (χ0v) is 8.59. The Morgan fingerprint density at radius 1 is 1.44 bits per heavy atom. The standard InChI is InChI=1S/C11H13NO4/c13-6-9-10(16-11(15)12-9)5-7-2-1-3-8(14)4-7/h1-4,9-10,13-14H,5-6H2,(H,12,15). The van der Waals surface area contributed by atoms with E-state index in [2.05, 4.69) is 5.32 Å². The highest BCUT2D eigenvalue weighted by Crippen LogP contribution is 2.17. The van der Waals surface area contributed by atoms with Crippen molar-refractivity contribution in [1.29, 1.82) is 0 Å². The van der Waals surface area contributed by atoms with E-state index in [9.17, 15) is 9.90 Å². The van der Waals surface area contributed by atoms with E-state index in [0.29, 0.717) is 6.42 Å². The molecule has 1 amide bonds.